The van der Waals surface area contributed by atoms with Crippen molar-refractivity contribution in [2.45, 2.75) is 65.3 Å². The number of allylic oxidation sites excluding steroid dienone is 1. The fraction of sp³-hybridized carbons (Fsp3) is 0.684. The molecule has 0 saturated carbocycles. The van der Waals surface area contributed by atoms with Crippen molar-refractivity contribution in [2.75, 3.05) is 19.7 Å². The number of aliphatic hydroxyl groups excluding tert-OH is 1. The molecule has 26 heavy (non-hydrogen) atoms. The zero-order valence-electron chi connectivity index (χ0n) is 16.2. The molecule has 2 amide bonds. The van der Waals surface area contributed by atoms with Crippen LogP contribution in [0.5, 0.6) is 0 Å². The molecular formula is C19H33N3O4. The highest BCUT2D eigenvalue weighted by Gasteiger charge is 2.28. The third-order valence-corrected chi connectivity index (χ3v) is 4.37. The molecule has 0 aromatic carbocycles. The van der Waals surface area contributed by atoms with Crippen LogP contribution in [0.1, 0.15) is 59.3 Å². The summed E-state index contributed by atoms with van der Waals surface area (Å²) in [7, 11) is 0. The van der Waals surface area contributed by atoms with Crippen LogP contribution < -0.4 is 11.1 Å². The minimum absolute atomic E-state index is 0.100. The average molecular weight is 367 g/mol. The third-order valence-electron chi connectivity index (χ3n) is 4.37. The number of aliphatic hydroxyl groups is 1. The van der Waals surface area contributed by atoms with Gasteiger partial charge in [0.15, 0.2) is 0 Å². The molecule has 0 radical (unpaired) electrons. The predicted octanol–water partition coefficient (Wildman–Crippen LogP) is 2.98. The topological polar surface area (TPSA) is 105 Å². The molecule has 0 aromatic heterocycles. The van der Waals surface area contributed by atoms with Crippen LogP contribution in [0.4, 0.5) is 4.79 Å². The molecule has 0 spiro atoms. The summed E-state index contributed by atoms with van der Waals surface area (Å²) in [6, 6.07) is -0.142. The summed E-state index contributed by atoms with van der Waals surface area (Å²) < 4.78 is 4.92. The first-order valence-corrected chi connectivity index (χ1v) is 9.63. The van der Waals surface area contributed by atoms with Gasteiger partial charge >= 0.3 is 6.09 Å². The first-order valence-electron chi connectivity index (χ1n) is 9.63. The molecule has 7 nitrogen and oxygen atoms in total. The van der Waals surface area contributed by atoms with Crippen molar-refractivity contribution in [3.05, 3.63) is 23.1 Å². The Labute approximate surface area is 156 Å². The second kappa shape index (κ2) is 11.4. The number of amides is 2. The summed E-state index contributed by atoms with van der Waals surface area (Å²) in [5.41, 5.74) is 6.45. The summed E-state index contributed by atoms with van der Waals surface area (Å²) in [5.74, 6) is -0.292. The van der Waals surface area contributed by atoms with E-state index >= 15 is 0 Å². The van der Waals surface area contributed by atoms with Crippen molar-refractivity contribution < 1.29 is 19.4 Å². The monoisotopic (exact) mass is 367 g/mol. The molecule has 1 fully saturated rings. The minimum atomic E-state index is -0.458. The normalized spacial score (nSPS) is 20.8. The van der Waals surface area contributed by atoms with E-state index in [2.05, 4.69) is 5.32 Å². The van der Waals surface area contributed by atoms with Gasteiger partial charge in [-0.05, 0) is 45.4 Å². The van der Waals surface area contributed by atoms with E-state index in [1.54, 1.807) is 17.9 Å². The second-order valence-electron chi connectivity index (χ2n) is 6.19. The van der Waals surface area contributed by atoms with Crippen molar-refractivity contribution in [1.82, 2.24) is 10.2 Å². The number of hydrogen-bond donors (Lipinski definition) is 3. The summed E-state index contributed by atoms with van der Waals surface area (Å²) in [5, 5.41) is 13.0. The molecule has 1 aliphatic carbocycles. The number of likely N-dealkylation sites (tertiary alicyclic amines) is 1. The Kier molecular flexibility index (Phi) is 9.62. The second-order valence-corrected chi connectivity index (χ2v) is 6.19. The molecule has 1 atom stereocenters. The Morgan fingerprint density at radius 3 is 2.77 bits per heavy atom. The number of rotatable bonds is 3. The summed E-state index contributed by atoms with van der Waals surface area (Å²) in [6.07, 6.45) is 5.93. The molecule has 1 aliphatic heterocycles. The Balaban J connectivity index is 0.00000163. The van der Waals surface area contributed by atoms with Crippen LogP contribution in [0.2, 0.25) is 0 Å². The van der Waals surface area contributed by atoms with E-state index < -0.39 is 6.09 Å². The lowest BCUT2D eigenvalue weighted by Gasteiger charge is -2.26. The van der Waals surface area contributed by atoms with E-state index in [-0.39, 0.29) is 23.4 Å². The van der Waals surface area contributed by atoms with Crippen LogP contribution in [-0.4, -0.2) is 47.7 Å². The fourth-order valence-corrected chi connectivity index (χ4v) is 3.11. The van der Waals surface area contributed by atoms with Gasteiger partial charge in [0.05, 0.1) is 17.9 Å². The van der Waals surface area contributed by atoms with Crippen molar-refractivity contribution in [2.24, 2.45) is 5.73 Å². The van der Waals surface area contributed by atoms with Crippen LogP contribution in [0.25, 0.3) is 0 Å². The SMILES string of the molecule is CC.CCOC(=O)NC1CCCCN(C(=O)C2=C(O)C(N)=CCCC2)C1. The van der Waals surface area contributed by atoms with Gasteiger partial charge < -0.3 is 25.8 Å². The van der Waals surface area contributed by atoms with E-state index in [0.717, 1.165) is 32.1 Å². The summed E-state index contributed by atoms with van der Waals surface area (Å²) in [4.78, 5) is 26.2. The largest absolute Gasteiger partial charge is 0.505 e. The van der Waals surface area contributed by atoms with Gasteiger partial charge in [-0.15, -0.1) is 0 Å². The van der Waals surface area contributed by atoms with E-state index in [4.69, 9.17) is 10.5 Å². The van der Waals surface area contributed by atoms with Gasteiger partial charge in [-0.2, -0.15) is 0 Å². The smallest absolute Gasteiger partial charge is 0.407 e. The highest BCUT2D eigenvalue weighted by molar-refractivity contribution is 5.94. The number of hydrogen-bond acceptors (Lipinski definition) is 5. The third kappa shape index (κ3) is 6.28. The van der Waals surface area contributed by atoms with Crippen LogP contribution in [0.15, 0.2) is 23.1 Å². The number of nitrogens with two attached hydrogens (primary N) is 1. The van der Waals surface area contributed by atoms with Gasteiger partial charge in [-0.25, -0.2) is 4.79 Å². The Bertz CT molecular complexity index is 543. The number of ether oxygens (including phenoxy) is 1. The summed E-state index contributed by atoms with van der Waals surface area (Å²) in [6.45, 7) is 7.09. The van der Waals surface area contributed by atoms with Crippen LogP contribution in [0, 0.1) is 0 Å². The molecule has 2 aliphatic rings. The molecule has 2 rings (SSSR count). The molecule has 1 heterocycles. The number of alkyl carbamates (subject to hydrolysis) is 1. The van der Waals surface area contributed by atoms with Gasteiger partial charge in [-0.1, -0.05) is 19.9 Å². The molecule has 4 N–H and O–H groups in total. The van der Waals surface area contributed by atoms with Crippen molar-refractivity contribution in [1.29, 1.82) is 0 Å². The first kappa shape index (κ1) is 21.9. The zero-order chi connectivity index (χ0) is 19.5. The highest BCUT2D eigenvalue weighted by atomic mass is 16.5. The number of carbonyl (C=O) groups is 2. The molecule has 1 unspecified atom stereocenters. The van der Waals surface area contributed by atoms with E-state index in [9.17, 15) is 14.7 Å². The summed E-state index contributed by atoms with van der Waals surface area (Å²) >= 11 is 0. The first-order chi connectivity index (χ1) is 12.5. The number of nitrogens with zero attached hydrogens (tertiary/aromatic N) is 1. The van der Waals surface area contributed by atoms with Gasteiger partial charge in [0.2, 0.25) is 0 Å². The van der Waals surface area contributed by atoms with E-state index in [0.29, 0.717) is 31.7 Å². The van der Waals surface area contributed by atoms with Gasteiger partial charge in [0.25, 0.3) is 5.91 Å². The van der Waals surface area contributed by atoms with Gasteiger partial charge in [0, 0.05) is 19.1 Å². The maximum Gasteiger partial charge on any atom is 0.407 e. The molecule has 7 heteroatoms. The van der Waals surface area contributed by atoms with Crippen molar-refractivity contribution in [3.8, 4) is 0 Å². The van der Waals surface area contributed by atoms with E-state index in [1.807, 2.05) is 13.8 Å². The quantitative estimate of drug-likeness (QED) is 0.711. The standard InChI is InChI=1S/C17H27N3O4.C2H6/c1-2-24-17(23)19-12-7-5-6-10-20(11-12)16(22)13-8-3-4-9-14(18)15(13)21;1-2/h9,12,21H,2-8,10-11,18H2,1H3,(H,19,23);1-2H3. The highest BCUT2D eigenvalue weighted by Crippen LogP contribution is 2.23. The lowest BCUT2D eigenvalue weighted by molar-refractivity contribution is -0.127. The molecule has 148 valence electrons. The Morgan fingerprint density at radius 2 is 2.08 bits per heavy atom. The minimum Gasteiger partial charge on any atom is -0.505 e. The Morgan fingerprint density at radius 1 is 1.35 bits per heavy atom. The zero-order valence-corrected chi connectivity index (χ0v) is 16.2. The van der Waals surface area contributed by atoms with Crippen LogP contribution in [-0.2, 0) is 9.53 Å². The van der Waals surface area contributed by atoms with Crippen molar-refractivity contribution >= 4 is 12.0 Å². The molecule has 1 saturated heterocycles. The van der Waals surface area contributed by atoms with Crippen molar-refractivity contribution in [3.63, 3.8) is 0 Å². The maximum atomic E-state index is 12.9. The van der Waals surface area contributed by atoms with E-state index in [1.165, 1.54) is 0 Å². The maximum absolute atomic E-state index is 12.9. The molecule has 0 aromatic rings. The number of nitrogens with one attached hydrogen (secondary N) is 1. The lowest BCUT2D eigenvalue weighted by Crippen LogP contribution is -2.45. The van der Waals surface area contributed by atoms with Crippen LogP contribution in [0.3, 0.4) is 0 Å². The predicted molar refractivity (Wildman–Crippen MR) is 102 cm³/mol. The van der Waals surface area contributed by atoms with Crippen LogP contribution >= 0.6 is 0 Å². The molecule has 0 bridgehead atoms. The lowest BCUT2D eigenvalue weighted by atomic mass is 10.1. The number of carbonyl (C=O) groups excluding carboxylic acids is 2. The Hall–Kier alpha value is -2.18. The average Bonchev–Trinajstić information content (AvgIpc) is 2.96. The van der Waals surface area contributed by atoms with Gasteiger partial charge in [-0.3, -0.25) is 4.79 Å². The fourth-order valence-electron chi connectivity index (χ4n) is 3.11. The molecular weight excluding hydrogens is 334 g/mol. The van der Waals surface area contributed by atoms with Gasteiger partial charge in [0.1, 0.15) is 5.76 Å².